The highest BCUT2D eigenvalue weighted by Crippen LogP contribution is 2.23. The maximum Gasteiger partial charge on any atom is 0.144 e. The summed E-state index contributed by atoms with van der Waals surface area (Å²) in [5, 5.41) is 6.26. The van der Waals surface area contributed by atoms with Crippen molar-refractivity contribution in [2.24, 2.45) is 5.10 Å². The Morgan fingerprint density at radius 3 is 2.80 bits per heavy atom. The van der Waals surface area contributed by atoms with Crippen LogP contribution in [0.1, 0.15) is 19.8 Å². The Bertz CT molecular complexity index is 372. The van der Waals surface area contributed by atoms with Gasteiger partial charge in [0.25, 0.3) is 0 Å². The third-order valence-electron chi connectivity index (χ3n) is 2.59. The highest BCUT2D eigenvalue weighted by Gasteiger charge is 2.25. The first kappa shape index (κ1) is 9.90. The van der Waals surface area contributed by atoms with E-state index >= 15 is 0 Å². The molecule has 0 spiro atoms. The van der Waals surface area contributed by atoms with Crippen LogP contribution in [0, 0.1) is 0 Å². The Kier molecular flexibility index (Phi) is 2.81. The molecule has 1 aromatic carbocycles. The number of carbonyl (C=O) groups is 1. The third-order valence-corrected chi connectivity index (χ3v) is 2.59. The van der Waals surface area contributed by atoms with E-state index in [-0.39, 0.29) is 6.04 Å². The van der Waals surface area contributed by atoms with Crippen LogP contribution in [-0.4, -0.2) is 18.0 Å². The van der Waals surface area contributed by atoms with Crippen LogP contribution < -0.4 is 5.01 Å². The van der Waals surface area contributed by atoms with Gasteiger partial charge in [-0.15, -0.1) is 0 Å². The summed E-state index contributed by atoms with van der Waals surface area (Å²) < 4.78 is 0. The van der Waals surface area contributed by atoms with Crippen LogP contribution >= 0.6 is 0 Å². The second-order valence-electron chi connectivity index (χ2n) is 3.61. The fraction of sp³-hybridized carbons (Fsp3) is 0.333. The van der Waals surface area contributed by atoms with Crippen molar-refractivity contribution in [3.63, 3.8) is 0 Å². The first-order chi connectivity index (χ1) is 7.35. The average Bonchev–Trinajstić information content (AvgIpc) is 2.73. The first-order valence-electron chi connectivity index (χ1n) is 5.21. The van der Waals surface area contributed by atoms with Gasteiger partial charge in [0, 0.05) is 12.1 Å². The Morgan fingerprint density at radius 2 is 2.20 bits per heavy atom. The zero-order valence-corrected chi connectivity index (χ0v) is 8.76. The highest BCUT2D eigenvalue weighted by molar-refractivity contribution is 5.92. The van der Waals surface area contributed by atoms with Crippen LogP contribution in [0.4, 0.5) is 5.69 Å². The van der Waals surface area contributed by atoms with Gasteiger partial charge in [0.1, 0.15) is 12.3 Å². The topological polar surface area (TPSA) is 32.7 Å². The molecule has 0 amide bonds. The summed E-state index contributed by atoms with van der Waals surface area (Å²) in [6.07, 6.45) is 2.64. The number of aldehydes is 1. The van der Waals surface area contributed by atoms with E-state index in [0.29, 0.717) is 0 Å². The molecule has 2 rings (SSSR count). The molecule has 0 bridgehead atoms. The van der Waals surface area contributed by atoms with Crippen LogP contribution in [0.15, 0.2) is 35.4 Å². The van der Waals surface area contributed by atoms with Crippen LogP contribution in [-0.2, 0) is 4.79 Å². The molecular formula is C12H14N2O. The van der Waals surface area contributed by atoms with Gasteiger partial charge in [-0.25, -0.2) is 0 Å². The largest absolute Gasteiger partial charge is 0.301 e. The van der Waals surface area contributed by atoms with E-state index in [1.165, 1.54) is 0 Å². The van der Waals surface area contributed by atoms with Crippen LogP contribution in [0.3, 0.4) is 0 Å². The monoisotopic (exact) mass is 202 g/mol. The van der Waals surface area contributed by atoms with Gasteiger partial charge in [-0.1, -0.05) is 25.1 Å². The minimum absolute atomic E-state index is 0.123. The van der Waals surface area contributed by atoms with E-state index in [4.69, 9.17) is 0 Å². The van der Waals surface area contributed by atoms with Gasteiger partial charge in [0.15, 0.2) is 0 Å². The SMILES string of the molecule is CCC1=NN(c2ccccc2)C(C=O)C1. The van der Waals surface area contributed by atoms with Gasteiger partial charge < -0.3 is 4.79 Å². The quantitative estimate of drug-likeness (QED) is 0.704. The van der Waals surface area contributed by atoms with Crippen molar-refractivity contribution in [2.75, 3.05) is 5.01 Å². The molecule has 0 aliphatic carbocycles. The molecular weight excluding hydrogens is 188 g/mol. The predicted octanol–water partition coefficient (Wildman–Crippen LogP) is 2.23. The fourth-order valence-electron chi connectivity index (χ4n) is 1.75. The van der Waals surface area contributed by atoms with E-state index in [0.717, 1.165) is 30.5 Å². The van der Waals surface area contributed by atoms with Gasteiger partial charge in [-0.3, -0.25) is 5.01 Å². The number of anilines is 1. The third kappa shape index (κ3) is 1.91. The number of rotatable bonds is 3. The molecule has 1 atom stereocenters. The molecule has 0 N–H and O–H groups in total. The van der Waals surface area contributed by atoms with Gasteiger partial charge in [-0.2, -0.15) is 5.10 Å². The van der Waals surface area contributed by atoms with Gasteiger partial charge in [0.05, 0.1) is 5.69 Å². The minimum Gasteiger partial charge on any atom is -0.301 e. The summed E-state index contributed by atoms with van der Waals surface area (Å²) in [6, 6.07) is 9.69. The molecule has 3 heteroatoms. The molecule has 3 nitrogen and oxygen atoms in total. The standard InChI is InChI=1S/C12H14N2O/c1-2-10-8-12(9-15)14(13-10)11-6-4-3-5-7-11/h3-7,9,12H,2,8H2,1H3. The average molecular weight is 202 g/mol. The summed E-state index contributed by atoms with van der Waals surface area (Å²) in [5.74, 6) is 0. The van der Waals surface area contributed by atoms with Gasteiger partial charge in [-0.05, 0) is 18.6 Å². The predicted molar refractivity (Wildman–Crippen MR) is 61.1 cm³/mol. The van der Waals surface area contributed by atoms with E-state index in [1.807, 2.05) is 35.3 Å². The molecule has 0 aromatic heterocycles. The second-order valence-corrected chi connectivity index (χ2v) is 3.61. The van der Waals surface area contributed by atoms with Crippen molar-refractivity contribution < 1.29 is 4.79 Å². The molecule has 15 heavy (non-hydrogen) atoms. The molecule has 0 saturated carbocycles. The number of carbonyl (C=O) groups excluding carboxylic acids is 1. The molecule has 1 aliphatic rings. The summed E-state index contributed by atoms with van der Waals surface area (Å²) in [4.78, 5) is 10.9. The zero-order valence-electron chi connectivity index (χ0n) is 8.76. The molecule has 0 saturated heterocycles. The summed E-state index contributed by atoms with van der Waals surface area (Å²) in [5.41, 5.74) is 2.08. The lowest BCUT2D eigenvalue weighted by molar-refractivity contribution is -0.108. The number of nitrogens with zero attached hydrogens (tertiary/aromatic N) is 2. The van der Waals surface area contributed by atoms with Crippen LogP contribution in [0.2, 0.25) is 0 Å². The number of hydrazone groups is 1. The van der Waals surface area contributed by atoms with E-state index < -0.39 is 0 Å². The summed E-state index contributed by atoms with van der Waals surface area (Å²) in [6.45, 7) is 2.06. The number of hydrogen-bond acceptors (Lipinski definition) is 3. The van der Waals surface area contributed by atoms with Gasteiger partial charge in [0.2, 0.25) is 0 Å². The molecule has 0 fully saturated rings. The number of benzene rings is 1. The maximum absolute atomic E-state index is 10.9. The highest BCUT2D eigenvalue weighted by atomic mass is 16.1. The van der Waals surface area contributed by atoms with Crippen molar-refractivity contribution in [2.45, 2.75) is 25.8 Å². The smallest absolute Gasteiger partial charge is 0.144 e. The molecule has 1 heterocycles. The lowest BCUT2D eigenvalue weighted by Crippen LogP contribution is -2.27. The molecule has 1 aliphatic heterocycles. The lowest BCUT2D eigenvalue weighted by Gasteiger charge is -2.18. The van der Waals surface area contributed by atoms with Crippen LogP contribution in [0.25, 0.3) is 0 Å². The maximum atomic E-state index is 10.9. The number of hydrogen-bond donors (Lipinski definition) is 0. The molecule has 0 radical (unpaired) electrons. The number of para-hydroxylation sites is 1. The van der Waals surface area contributed by atoms with Crippen LogP contribution in [0.5, 0.6) is 0 Å². The van der Waals surface area contributed by atoms with E-state index in [2.05, 4.69) is 12.0 Å². The van der Waals surface area contributed by atoms with E-state index in [1.54, 1.807) is 0 Å². The molecule has 1 unspecified atom stereocenters. The molecule has 78 valence electrons. The van der Waals surface area contributed by atoms with E-state index in [9.17, 15) is 4.79 Å². The van der Waals surface area contributed by atoms with Crippen molar-refractivity contribution >= 4 is 17.7 Å². The minimum atomic E-state index is -0.123. The summed E-state index contributed by atoms with van der Waals surface area (Å²) in [7, 11) is 0. The Morgan fingerprint density at radius 1 is 1.47 bits per heavy atom. The molecule has 1 aromatic rings. The Balaban J connectivity index is 2.27. The first-order valence-corrected chi connectivity index (χ1v) is 5.21. The summed E-state index contributed by atoms with van der Waals surface area (Å²) >= 11 is 0. The Labute approximate surface area is 89.4 Å². The fourth-order valence-corrected chi connectivity index (χ4v) is 1.75. The van der Waals surface area contributed by atoms with Crippen molar-refractivity contribution in [1.82, 2.24) is 0 Å². The van der Waals surface area contributed by atoms with Crippen molar-refractivity contribution in [3.05, 3.63) is 30.3 Å². The van der Waals surface area contributed by atoms with Crippen molar-refractivity contribution in [3.8, 4) is 0 Å². The lowest BCUT2D eigenvalue weighted by atomic mass is 10.1. The van der Waals surface area contributed by atoms with Gasteiger partial charge >= 0.3 is 0 Å². The normalized spacial score (nSPS) is 20.2. The zero-order chi connectivity index (χ0) is 10.7. The second kappa shape index (κ2) is 4.26. The Hall–Kier alpha value is -1.64. The van der Waals surface area contributed by atoms with Crippen molar-refractivity contribution in [1.29, 1.82) is 0 Å².